The average molecular weight is 237 g/mol. The summed E-state index contributed by atoms with van der Waals surface area (Å²) >= 11 is 1.81. The summed E-state index contributed by atoms with van der Waals surface area (Å²) in [7, 11) is 0. The molecule has 1 atom stereocenters. The van der Waals surface area contributed by atoms with Crippen LogP contribution in [0.1, 0.15) is 5.56 Å². The van der Waals surface area contributed by atoms with E-state index in [-0.39, 0.29) is 17.6 Å². The lowest BCUT2D eigenvalue weighted by Crippen LogP contribution is -2.44. The molecule has 3 nitrogen and oxygen atoms in total. The third kappa shape index (κ3) is 3.00. The second-order valence-electron chi connectivity index (χ2n) is 3.89. The predicted molar refractivity (Wildman–Crippen MR) is 65.9 cm³/mol. The number of rotatable bonds is 3. The molecule has 1 aliphatic rings. The van der Waals surface area contributed by atoms with Crippen molar-refractivity contribution in [3.05, 3.63) is 29.8 Å². The van der Waals surface area contributed by atoms with E-state index in [1.807, 2.05) is 17.8 Å². The smallest absolute Gasteiger partial charge is 0.154 e. The molecule has 1 unspecified atom stereocenters. The van der Waals surface area contributed by atoms with Gasteiger partial charge in [0.05, 0.1) is 6.04 Å². The van der Waals surface area contributed by atoms with Gasteiger partial charge in [-0.15, -0.1) is 0 Å². The lowest BCUT2D eigenvalue weighted by atomic mass is 10.0. The van der Waals surface area contributed by atoms with E-state index >= 15 is 0 Å². The molecule has 4 heteroatoms. The molecule has 0 spiro atoms. The lowest BCUT2D eigenvalue weighted by molar-refractivity contribution is -0.119. The highest BCUT2D eigenvalue weighted by atomic mass is 32.2. The first-order chi connectivity index (χ1) is 7.75. The minimum atomic E-state index is -0.0268. The highest BCUT2D eigenvalue weighted by molar-refractivity contribution is 7.99. The molecule has 2 N–H and O–H groups in total. The Hall–Kier alpha value is -1.00. The van der Waals surface area contributed by atoms with Crippen LogP contribution in [-0.4, -0.2) is 35.0 Å². The molecule has 0 aromatic heterocycles. The normalized spacial score (nSPS) is 20.6. The van der Waals surface area contributed by atoms with Crippen molar-refractivity contribution < 1.29 is 9.90 Å². The molecule has 0 amide bonds. The standard InChI is InChI=1S/C12H15NO2S/c14-10-3-1-2-9(6-10)7-12(15)11-8-16-5-4-13-11/h1-3,6,11,13-14H,4-5,7-8H2. The zero-order valence-electron chi connectivity index (χ0n) is 8.98. The number of phenols is 1. The van der Waals surface area contributed by atoms with Crippen LogP contribution in [0.5, 0.6) is 5.75 Å². The molecular formula is C12H15NO2S. The van der Waals surface area contributed by atoms with E-state index in [0.29, 0.717) is 6.42 Å². The number of carbonyl (C=O) groups excluding carboxylic acids is 1. The van der Waals surface area contributed by atoms with Crippen LogP contribution in [0.3, 0.4) is 0 Å². The summed E-state index contributed by atoms with van der Waals surface area (Å²) in [6.45, 7) is 0.904. The minimum Gasteiger partial charge on any atom is -0.508 e. The van der Waals surface area contributed by atoms with Gasteiger partial charge in [-0.05, 0) is 17.7 Å². The molecule has 0 saturated carbocycles. The fourth-order valence-electron chi connectivity index (χ4n) is 1.76. The Morgan fingerprint density at radius 1 is 1.56 bits per heavy atom. The van der Waals surface area contributed by atoms with E-state index in [9.17, 15) is 9.90 Å². The summed E-state index contributed by atoms with van der Waals surface area (Å²) in [5, 5.41) is 12.5. The molecule has 1 saturated heterocycles. The van der Waals surface area contributed by atoms with Gasteiger partial charge in [-0.3, -0.25) is 4.79 Å². The number of hydrogen-bond acceptors (Lipinski definition) is 4. The average Bonchev–Trinajstić information content (AvgIpc) is 2.30. The molecular weight excluding hydrogens is 222 g/mol. The molecule has 0 radical (unpaired) electrons. The number of phenolic OH excluding ortho intramolecular Hbond substituents is 1. The predicted octanol–water partition coefficient (Wildman–Crippen LogP) is 1.21. The van der Waals surface area contributed by atoms with Crippen LogP contribution in [-0.2, 0) is 11.2 Å². The number of nitrogens with one attached hydrogen (secondary N) is 1. The Morgan fingerprint density at radius 2 is 2.44 bits per heavy atom. The summed E-state index contributed by atoms with van der Waals surface area (Å²) in [5.41, 5.74) is 0.877. The number of Topliss-reactive ketones (excluding diaryl/α,β-unsaturated/α-hetero) is 1. The number of hydrogen-bond donors (Lipinski definition) is 2. The Kier molecular flexibility index (Phi) is 3.85. The van der Waals surface area contributed by atoms with Crippen LogP contribution in [0.15, 0.2) is 24.3 Å². The highest BCUT2D eigenvalue weighted by Gasteiger charge is 2.20. The van der Waals surface area contributed by atoms with Gasteiger partial charge in [0.2, 0.25) is 0 Å². The summed E-state index contributed by atoms with van der Waals surface area (Å²) in [6.07, 6.45) is 0.395. The van der Waals surface area contributed by atoms with Crippen LogP contribution in [0.25, 0.3) is 0 Å². The largest absolute Gasteiger partial charge is 0.508 e. The molecule has 0 aliphatic carbocycles. The van der Waals surface area contributed by atoms with Crippen molar-refractivity contribution in [2.45, 2.75) is 12.5 Å². The number of carbonyl (C=O) groups is 1. The maximum absolute atomic E-state index is 11.9. The molecule has 2 rings (SSSR count). The summed E-state index contributed by atoms with van der Waals surface area (Å²) in [6, 6.07) is 6.87. The van der Waals surface area contributed by atoms with Gasteiger partial charge in [-0.25, -0.2) is 0 Å². The topological polar surface area (TPSA) is 49.3 Å². The summed E-state index contributed by atoms with van der Waals surface area (Å²) < 4.78 is 0. The molecule has 1 aromatic carbocycles. The van der Waals surface area contributed by atoms with Gasteiger partial charge in [0.25, 0.3) is 0 Å². The maximum atomic E-state index is 11.9. The molecule has 0 bridgehead atoms. The summed E-state index contributed by atoms with van der Waals surface area (Å²) in [4.78, 5) is 11.9. The van der Waals surface area contributed by atoms with E-state index in [1.54, 1.807) is 18.2 Å². The van der Waals surface area contributed by atoms with Gasteiger partial charge in [0, 0.05) is 24.5 Å². The minimum absolute atomic E-state index is 0.0268. The number of benzene rings is 1. The van der Waals surface area contributed by atoms with Crippen molar-refractivity contribution in [2.24, 2.45) is 0 Å². The first kappa shape index (κ1) is 11.5. The Labute approximate surface area is 99.2 Å². The van der Waals surface area contributed by atoms with E-state index in [2.05, 4.69) is 5.32 Å². The van der Waals surface area contributed by atoms with Crippen molar-refractivity contribution in [1.29, 1.82) is 0 Å². The monoisotopic (exact) mass is 237 g/mol. The maximum Gasteiger partial charge on any atom is 0.154 e. The van der Waals surface area contributed by atoms with Crippen molar-refractivity contribution in [3.8, 4) is 5.75 Å². The Morgan fingerprint density at radius 3 is 3.12 bits per heavy atom. The second-order valence-corrected chi connectivity index (χ2v) is 5.04. The van der Waals surface area contributed by atoms with Crippen LogP contribution in [0.4, 0.5) is 0 Å². The van der Waals surface area contributed by atoms with Gasteiger partial charge >= 0.3 is 0 Å². The fourth-order valence-corrected chi connectivity index (χ4v) is 2.73. The Balaban J connectivity index is 1.96. The van der Waals surface area contributed by atoms with E-state index in [4.69, 9.17) is 0 Å². The molecule has 1 aliphatic heterocycles. The fraction of sp³-hybridized carbons (Fsp3) is 0.417. The highest BCUT2D eigenvalue weighted by Crippen LogP contribution is 2.14. The van der Waals surface area contributed by atoms with E-state index in [1.165, 1.54) is 0 Å². The Bertz CT molecular complexity index is 375. The third-order valence-electron chi connectivity index (χ3n) is 2.60. The van der Waals surface area contributed by atoms with E-state index in [0.717, 1.165) is 23.6 Å². The van der Waals surface area contributed by atoms with Crippen molar-refractivity contribution in [1.82, 2.24) is 5.32 Å². The first-order valence-corrected chi connectivity index (χ1v) is 6.53. The quantitative estimate of drug-likeness (QED) is 0.829. The van der Waals surface area contributed by atoms with Crippen molar-refractivity contribution >= 4 is 17.5 Å². The van der Waals surface area contributed by atoms with Crippen LogP contribution in [0.2, 0.25) is 0 Å². The molecule has 1 heterocycles. The van der Waals surface area contributed by atoms with Crippen molar-refractivity contribution in [3.63, 3.8) is 0 Å². The van der Waals surface area contributed by atoms with Gasteiger partial charge < -0.3 is 10.4 Å². The van der Waals surface area contributed by atoms with Gasteiger partial charge in [-0.2, -0.15) is 11.8 Å². The first-order valence-electron chi connectivity index (χ1n) is 5.37. The van der Waals surface area contributed by atoms with Crippen LogP contribution in [0, 0.1) is 0 Å². The number of aromatic hydroxyl groups is 1. The van der Waals surface area contributed by atoms with Gasteiger partial charge in [0.15, 0.2) is 5.78 Å². The van der Waals surface area contributed by atoms with Crippen molar-refractivity contribution in [2.75, 3.05) is 18.1 Å². The number of ketones is 1. The van der Waals surface area contributed by atoms with Crippen LogP contribution >= 0.6 is 11.8 Å². The van der Waals surface area contributed by atoms with Crippen LogP contribution < -0.4 is 5.32 Å². The number of thioether (sulfide) groups is 1. The molecule has 1 fully saturated rings. The zero-order valence-corrected chi connectivity index (χ0v) is 9.80. The molecule has 1 aromatic rings. The molecule has 86 valence electrons. The van der Waals surface area contributed by atoms with Gasteiger partial charge in [-0.1, -0.05) is 12.1 Å². The second kappa shape index (κ2) is 5.37. The summed E-state index contributed by atoms with van der Waals surface area (Å²) in [5.74, 6) is 2.36. The third-order valence-corrected chi connectivity index (χ3v) is 3.66. The van der Waals surface area contributed by atoms with E-state index < -0.39 is 0 Å². The lowest BCUT2D eigenvalue weighted by Gasteiger charge is -2.21. The van der Waals surface area contributed by atoms with Gasteiger partial charge in [0.1, 0.15) is 5.75 Å². The zero-order chi connectivity index (χ0) is 11.4. The molecule has 16 heavy (non-hydrogen) atoms. The SMILES string of the molecule is O=C(Cc1cccc(O)c1)C1CSCCN1.